The lowest BCUT2D eigenvalue weighted by Crippen LogP contribution is -2.43. The van der Waals surface area contributed by atoms with Crippen molar-refractivity contribution >= 4 is 33.4 Å². The second-order valence-corrected chi connectivity index (χ2v) is 6.30. The molecule has 1 aromatic carbocycles. The van der Waals surface area contributed by atoms with Gasteiger partial charge in [0.15, 0.2) is 0 Å². The number of likely N-dealkylation sites (N-methyl/N-ethyl adjacent to an activating group) is 1. The van der Waals surface area contributed by atoms with E-state index in [0.29, 0.717) is 6.10 Å². The van der Waals surface area contributed by atoms with E-state index in [9.17, 15) is 0 Å². The average Bonchev–Trinajstić information content (AvgIpc) is 2.38. The van der Waals surface area contributed by atoms with E-state index in [2.05, 4.69) is 33.8 Å². The van der Waals surface area contributed by atoms with Crippen molar-refractivity contribution in [1.82, 2.24) is 4.90 Å². The van der Waals surface area contributed by atoms with Crippen LogP contribution in [-0.4, -0.2) is 43.0 Å². The second-order valence-electron chi connectivity index (χ2n) is 4.39. The van der Waals surface area contributed by atoms with Gasteiger partial charge in [-0.3, -0.25) is 4.90 Å². The van der Waals surface area contributed by atoms with Crippen LogP contribution in [0.3, 0.4) is 0 Å². The summed E-state index contributed by atoms with van der Waals surface area (Å²) in [5.41, 5.74) is 6.52. The molecule has 0 amide bonds. The molecule has 0 aliphatic carbocycles. The lowest BCUT2D eigenvalue weighted by molar-refractivity contribution is -0.0137. The standard InChI is InChI=1S/C13H19BrN2OS/c1-2-16-5-6-17-11(8-16)9-18-13-4-3-10(15)7-12(13)14/h3-4,7,11H,2,5-6,8-9,15H2,1H3. The topological polar surface area (TPSA) is 38.5 Å². The van der Waals surface area contributed by atoms with Gasteiger partial charge in [0, 0.05) is 33.9 Å². The van der Waals surface area contributed by atoms with Crippen molar-refractivity contribution in [2.75, 3.05) is 37.7 Å². The second kappa shape index (κ2) is 6.80. The summed E-state index contributed by atoms with van der Waals surface area (Å²) in [5.74, 6) is 0.985. The minimum Gasteiger partial charge on any atom is -0.399 e. The Hall–Kier alpha value is -0.230. The van der Waals surface area contributed by atoms with Gasteiger partial charge in [0.1, 0.15) is 0 Å². The molecule has 0 bridgehead atoms. The molecular weight excluding hydrogens is 312 g/mol. The Kier molecular flexibility index (Phi) is 5.36. The summed E-state index contributed by atoms with van der Waals surface area (Å²) in [7, 11) is 0. The lowest BCUT2D eigenvalue weighted by atomic mass is 10.3. The van der Waals surface area contributed by atoms with E-state index in [1.807, 2.05) is 23.9 Å². The van der Waals surface area contributed by atoms with Crippen LogP contribution < -0.4 is 5.73 Å². The Morgan fingerprint density at radius 2 is 2.39 bits per heavy atom. The highest BCUT2D eigenvalue weighted by Gasteiger charge is 2.19. The number of morpholine rings is 1. The van der Waals surface area contributed by atoms with E-state index in [1.54, 1.807) is 0 Å². The van der Waals surface area contributed by atoms with Crippen LogP contribution in [0.4, 0.5) is 5.69 Å². The number of hydrogen-bond donors (Lipinski definition) is 1. The molecule has 2 rings (SSSR count). The van der Waals surface area contributed by atoms with Crippen molar-refractivity contribution in [1.29, 1.82) is 0 Å². The first-order valence-electron chi connectivity index (χ1n) is 6.21. The summed E-state index contributed by atoms with van der Waals surface area (Å²) in [6.45, 7) is 6.25. The van der Waals surface area contributed by atoms with Gasteiger partial charge in [0.25, 0.3) is 0 Å². The SMILES string of the molecule is CCN1CCOC(CSc2ccc(N)cc2Br)C1. The van der Waals surface area contributed by atoms with E-state index >= 15 is 0 Å². The van der Waals surface area contributed by atoms with Crippen LogP contribution in [0.25, 0.3) is 0 Å². The number of halogens is 1. The van der Waals surface area contributed by atoms with Gasteiger partial charge in [0.05, 0.1) is 12.7 Å². The summed E-state index contributed by atoms with van der Waals surface area (Å²) in [6, 6.07) is 5.94. The molecule has 0 radical (unpaired) electrons. The number of benzene rings is 1. The van der Waals surface area contributed by atoms with Gasteiger partial charge >= 0.3 is 0 Å². The third kappa shape index (κ3) is 3.88. The molecule has 1 fully saturated rings. The highest BCUT2D eigenvalue weighted by Crippen LogP contribution is 2.30. The molecule has 1 atom stereocenters. The predicted octanol–water partition coefficient (Wildman–Crippen LogP) is 2.84. The van der Waals surface area contributed by atoms with Gasteiger partial charge in [-0.15, -0.1) is 11.8 Å². The largest absolute Gasteiger partial charge is 0.399 e. The fraction of sp³-hybridized carbons (Fsp3) is 0.538. The zero-order valence-corrected chi connectivity index (χ0v) is 13.0. The maximum atomic E-state index is 5.79. The Morgan fingerprint density at radius 3 is 3.11 bits per heavy atom. The Labute approximate surface area is 121 Å². The summed E-state index contributed by atoms with van der Waals surface area (Å²) in [6.07, 6.45) is 0.327. The molecule has 1 aliphatic heterocycles. The first-order chi connectivity index (χ1) is 8.69. The van der Waals surface area contributed by atoms with E-state index in [1.165, 1.54) is 4.90 Å². The molecule has 1 aliphatic rings. The number of anilines is 1. The molecular formula is C13H19BrN2OS. The predicted molar refractivity (Wildman–Crippen MR) is 81.1 cm³/mol. The third-order valence-electron chi connectivity index (χ3n) is 3.05. The summed E-state index contributed by atoms with van der Waals surface area (Å²) < 4.78 is 6.86. The fourth-order valence-corrected chi connectivity index (χ4v) is 3.65. The maximum absolute atomic E-state index is 5.79. The van der Waals surface area contributed by atoms with Gasteiger partial charge < -0.3 is 10.5 Å². The summed E-state index contributed by atoms with van der Waals surface area (Å²) in [4.78, 5) is 3.66. The quantitative estimate of drug-likeness (QED) is 0.680. The van der Waals surface area contributed by atoms with E-state index in [0.717, 1.165) is 42.2 Å². The Balaban J connectivity index is 1.87. The molecule has 1 heterocycles. The Morgan fingerprint density at radius 1 is 1.56 bits per heavy atom. The highest BCUT2D eigenvalue weighted by molar-refractivity contribution is 9.10. The highest BCUT2D eigenvalue weighted by atomic mass is 79.9. The zero-order valence-electron chi connectivity index (χ0n) is 10.6. The molecule has 5 heteroatoms. The van der Waals surface area contributed by atoms with E-state index < -0.39 is 0 Å². The van der Waals surface area contributed by atoms with Gasteiger partial charge in [-0.2, -0.15) is 0 Å². The van der Waals surface area contributed by atoms with Crippen molar-refractivity contribution in [3.63, 3.8) is 0 Å². The number of rotatable bonds is 4. The van der Waals surface area contributed by atoms with Gasteiger partial charge in [-0.05, 0) is 40.7 Å². The van der Waals surface area contributed by atoms with Crippen LogP contribution in [-0.2, 0) is 4.74 Å². The number of thioether (sulfide) groups is 1. The molecule has 3 nitrogen and oxygen atoms in total. The molecule has 0 spiro atoms. The van der Waals surface area contributed by atoms with Crippen molar-refractivity contribution in [3.8, 4) is 0 Å². The smallest absolute Gasteiger partial charge is 0.0796 e. The number of nitrogen functional groups attached to an aromatic ring is 1. The molecule has 100 valence electrons. The van der Waals surface area contributed by atoms with Crippen LogP contribution in [0.5, 0.6) is 0 Å². The number of ether oxygens (including phenoxy) is 1. The van der Waals surface area contributed by atoms with Crippen molar-refractivity contribution in [3.05, 3.63) is 22.7 Å². The van der Waals surface area contributed by atoms with Crippen LogP contribution in [0, 0.1) is 0 Å². The van der Waals surface area contributed by atoms with Gasteiger partial charge in [-0.1, -0.05) is 6.92 Å². The molecule has 1 saturated heterocycles. The van der Waals surface area contributed by atoms with Crippen molar-refractivity contribution in [2.45, 2.75) is 17.9 Å². The molecule has 2 N–H and O–H groups in total. The molecule has 1 unspecified atom stereocenters. The number of nitrogens with zero attached hydrogens (tertiary/aromatic N) is 1. The van der Waals surface area contributed by atoms with Crippen LogP contribution in [0.15, 0.2) is 27.6 Å². The van der Waals surface area contributed by atoms with E-state index in [-0.39, 0.29) is 0 Å². The first kappa shape index (κ1) is 14.2. The van der Waals surface area contributed by atoms with E-state index in [4.69, 9.17) is 10.5 Å². The van der Waals surface area contributed by atoms with Crippen LogP contribution in [0.1, 0.15) is 6.92 Å². The summed E-state index contributed by atoms with van der Waals surface area (Å²) >= 11 is 5.37. The molecule has 0 aromatic heterocycles. The van der Waals surface area contributed by atoms with Gasteiger partial charge in [-0.25, -0.2) is 0 Å². The van der Waals surface area contributed by atoms with Gasteiger partial charge in [0.2, 0.25) is 0 Å². The van der Waals surface area contributed by atoms with Crippen molar-refractivity contribution in [2.24, 2.45) is 0 Å². The fourth-order valence-electron chi connectivity index (χ4n) is 1.99. The average molecular weight is 331 g/mol. The minimum atomic E-state index is 0.327. The van der Waals surface area contributed by atoms with Crippen molar-refractivity contribution < 1.29 is 4.74 Å². The van der Waals surface area contributed by atoms with Crippen LogP contribution >= 0.6 is 27.7 Å². The minimum absolute atomic E-state index is 0.327. The first-order valence-corrected chi connectivity index (χ1v) is 7.98. The lowest BCUT2D eigenvalue weighted by Gasteiger charge is -2.31. The molecule has 0 saturated carbocycles. The molecule has 18 heavy (non-hydrogen) atoms. The zero-order chi connectivity index (χ0) is 13.0. The van der Waals surface area contributed by atoms with Crippen LogP contribution in [0.2, 0.25) is 0 Å². The number of nitrogens with two attached hydrogens (primary N) is 1. The molecule has 1 aromatic rings. The number of hydrogen-bond acceptors (Lipinski definition) is 4. The normalized spacial score (nSPS) is 21.1. The monoisotopic (exact) mass is 330 g/mol. The Bertz CT molecular complexity index is 403. The summed E-state index contributed by atoms with van der Waals surface area (Å²) in [5, 5.41) is 0. The third-order valence-corrected chi connectivity index (χ3v) is 5.17. The maximum Gasteiger partial charge on any atom is 0.0796 e.